The number of thioether (sulfide) groups is 1. The van der Waals surface area contributed by atoms with Crippen molar-refractivity contribution in [2.24, 2.45) is 0 Å². The van der Waals surface area contributed by atoms with Gasteiger partial charge in [0.1, 0.15) is 5.58 Å². The number of hydrogen-bond donors (Lipinski definition) is 1. The van der Waals surface area contributed by atoms with Crippen LogP contribution in [0.3, 0.4) is 0 Å². The van der Waals surface area contributed by atoms with Crippen LogP contribution in [0.5, 0.6) is 5.88 Å². The Labute approximate surface area is 144 Å². The summed E-state index contributed by atoms with van der Waals surface area (Å²) < 4.78 is 10.8. The van der Waals surface area contributed by atoms with Gasteiger partial charge >= 0.3 is 0 Å². The molecule has 0 saturated carbocycles. The lowest BCUT2D eigenvalue weighted by Crippen LogP contribution is -2.23. The Morgan fingerprint density at radius 3 is 2.83 bits per heavy atom. The van der Waals surface area contributed by atoms with E-state index in [1.54, 1.807) is 31.1 Å². The Bertz CT molecular complexity index is 843. The summed E-state index contributed by atoms with van der Waals surface area (Å²) >= 11 is 1.66. The van der Waals surface area contributed by atoms with Crippen molar-refractivity contribution in [2.45, 2.75) is 12.3 Å². The van der Waals surface area contributed by atoms with E-state index < -0.39 is 0 Å². The van der Waals surface area contributed by atoms with Gasteiger partial charge in [-0.1, -0.05) is 24.3 Å². The van der Waals surface area contributed by atoms with Crippen LogP contribution in [-0.2, 0) is 12.3 Å². The van der Waals surface area contributed by atoms with Gasteiger partial charge in [0.25, 0.3) is 5.91 Å². The maximum Gasteiger partial charge on any atom is 0.287 e. The second kappa shape index (κ2) is 7.40. The third-order valence-corrected chi connectivity index (χ3v) is 4.23. The van der Waals surface area contributed by atoms with Crippen molar-refractivity contribution in [3.8, 4) is 5.88 Å². The third kappa shape index (κ3) is 3.38. The molecule has 1 amide bonds. The highest BCUT2D eigenvalue weighted by Crippen LogP contribution is 2.28. The number of para-hydroxylation sites is 1. The summed E-state index contributed by atoms with van der Waals surface area (Å²) in [6.07, 6.45) is 3.69. The van der Waals surface area contributed by atoms with Crippen LogP contribution in [0.25, 0.3) is 11.0 Å². The molecule has 124 valence electrons. The zero-order chi connectivity index (χ0) is 16.9. The van der Waals surface area contributed by atoms with Gasteiger partial charge in [-0.2, -0.15) is 11.8 Å². The van der Waals surface area contributed by atoms with Crippen LogP contribution in [-0.4, -0.2) is 24.3 Å². The van der Waals surface area contributed by atoms with Gasteiger partial charge in [-0.3, -0.25) is 4.79 Å². The molecule has 5 nitrogen and oxygen atoms in total. The van der Waals surface area contributed by atoms with E-state index in [0.717, 1.165) is 27.8 Å². The summed E-state index contributed by atoms with van der Waals surface area (Å²) in [6, 6.07) is 11.3. The predicted molar refractivity (Wildman–Crippen MR) is 95.4 cm³/mol. The molecular formula is C18H18N2O3S. The smallest absolute Gasteiger partial charge is 0.287 e. The van der Waals surface area contributed by atoms with Crippen molar-refractivity contribution < 1.29 is 13.9 Å². The molecule has 2 heterocycles. The number of amides is 1. The Balaban J connectivity index is 1.78. The topological polar surface area (TPSA) is 64.4 Å². The zero-order valence-electron chi connectivity index (χ0n) is 13.5. The van der Waals surface area contributed by atoms with E-state index in [2.05, 4.69) is 10.3 Å². The van der Waals surface area contributed by atoms with E-state index in [0.29, 0.717) is 18.2 Å². The first kappa shape index (κ1) is 16.4. The van der Waals surface area contributed by atoms with E-state index in [-0.39, 0.29) is 5.91 Å². The van der Waals surface area contributed by atoms with Crippen LogP contribution in [0.1, 0.15) is 21.7 Å². The molecule has 2 aromatic heterocycles. The van der Waals surface area contributed by atoms with Crippen molar-refractivity contribution >= 4 is 28.6 Å². The minimum absolute atomic E-state index is 0.217. The summed E-state index contributed by atoms with van der Waals surface area (Å²) in [6.45, 7) is 0.381. The van der Waals surface area contributed by atoms with Gasteiger partial charge in [0.15, 0.2) is 5.76 Å². The van der Waals surface area contributed by atoms with Crippen LogP contribution in [0.15, 0.2) is 47.0 Å². The highest BCUT2D eigenvalue weighted by molar-refractivity contribution is 7.97. The van der Waals surface area contributed by atoms with E-state index in [1.165, 1.54) is 0 Å². The quantitative estimate of drug-likeness (QED) is 0.741. The minimum Gasteiger partial charge on any atom is -0.481 e. The highest BCUT2D eigenvalue weighted by Gasteiger charge is 2.19. The van der Waals surface area contributed by atoms with Crippen molar-refractivity contribution in [3.63, 3.8) is 0 Å². The van der Waals surface area contributed by atoms with Crippen LogP contribution in [0, 0.1) is 0 Å². The van der Waals surface area contributed by atoms with E-state index in [1.807, 2.05) is 36.6 Å². The molecule has 0 aliphatic rings. The van der Waals surface area contributed by atoms with E-state index >= 15 is 0 Å². The molecule has 0 bridgehead atoms. The second-order valence-electron chi connectivity index (χ2n) is 5.23. The van der Waals surface area contributed by atoms with Crippen LogP contribution >= 0.6 is 11.8 Å². The number of benzene rings is 1. The average molecular weight is 342 g/mol. The van der Waals surface area contributed by atoms with Gasteiger partial charge in [-0.15, -0.1) is 0 Å². The van der Waals surface area contributed by atoms with Gasteiger partial charge in [0, 0.05) is 35.5 Å². The van der Waals surface area contributed by atoms with Gasteiger partial charge < -0.3 is 14.5 Å². The van der Waals surface area contributed by atoms with Gasteiger partial charge in [-0.05, 0) is 17.9 Å². The fraction of sp³-hybridized carbons (Fsp3) is 0.222. The molecule has 0 radical (unpaired) electrons. The number of rotatable bonds is 6. The first-order valence-corrected chi connectivity index (χ1v) is 8.88. The molecule has 0 spiro atoms. The third-order valence-electron chi connectivity index (χ3n) is 3.65. The molecule has 1 N–H and O–H groups in total. The Morgan fingerprint density at radius 2 is 2.12 bits per heavy atom. The molecular weight excluding hydrogens is 324 g/mol. The molecule has 0 aliphatic carbocycles. The summed E-state index contributed by atoms with van der Waals surface area (Å²) in [7, 11) is 1.57. The monoisotopic (exact) mass is 342 g/mol. The van der Waals surface area contributed by atoms with Gasteiger partial charge in [-0.25, -0.2) is 4.98 Å². The van der Waals surface area contributed by atoms with Gasteiger partial charge in [0.2, 0.25) is 5.88 Å². The summed E-state index contributed by atoms with van der Waals surface area (Å²) in [5.41, 5.74) is 2.56. The van der Waals surface area contributed by atoms with Crippen molar-refractivity contribution in [3.05, 3.63) is 59.5 Å². The molecule has 3 rings (SSSR count). The molecule has 3 aromatic rings. The molecule has 0 atom stereocenters. The maximum absolute atomic E-state index is 12.5. The zero-order valence-corrected chi connectivity index (χ0v) is 14.4. The van der Waals surface area contributed by atoms with E-state index in [9.17, 15) is 4.79 Å². The molecule has 0 fully saturated rings. The highest BCUT2D eigenvalue weighted by atomic mass is 32.2. The lowest BCUT2D eigenvalue weighted by molar-refractivity contribution is 0.0924. The number of furan rings is 1. The van der Waals surface area contributed by atoms with Crippen LogP contribution < -0.4 is 10.1 Å². The number of ether oxygens (including phenoxy) is 1. The molecule has 24 heavy (non-hydrogen) atoms. The first-order valence-electron chi connectivity index (χ1n) is 7.49. The van der Waals surface area contributed by atoms with Crippen molar-refractivity contribution in [2.75, 3.05) is 13.4 Å². The number of nitrogens with one attached hydrogen (secondary N) is 1. The number of nitrogens with zero attached hydrogens (tertiary/aromatic N) is 1. The SMILES string of the molecule is COc1ccc(CNC(=O)c2oc3ccccc3c2CSC)cn1. The largest absolute Gasteiger partial charge is 0.481 e. The molecule has 0 saturated heterocycles. The maximum atomic E-state index is 12.5. The average Bonchev–Trinajstić information content (AvgIpc) is 2.99. The number of carbonyl (C=O) groups excluding carboxylic acids is 1. The summed E-state index contributed by atoms with van der Waals surface area (Å²) in [5.74, 6) is 1.44. The number of pyridine rings is 1. The predicted octanol–water partition coefficient (Wildman–Crippen LogP) is 3.63. The lowest BCUT2D eigenvalue weighted by atomic mass is 10.1. The Hall–Kier alpha value is -2.47. The number of carbonyl (C=O) groups is 1. The Morgan fingerprint density at radius 1 is 1.29 bits per heavy atom. The van der Waals surface area contributed by atoms with Crippen molar-refractivity contribution in [1.29, 1.82) is 0 Å². The fourth-order valence-electron chi connectivity index (χ4n) is 2.47. The number of methoxy groups -OCH3 is 1. The number of hydrogen-bond acceptors (Lipinski definition) is 5. The molecule has 6 heteroatoms. The Kier molecular flexibility index (Phi) is 5.05. The minimum atomic E-state index is -0.217. The molecule has 0 unspecified atom stereocenters. The standard InChI is InChI=1S/C18H18N2O3S/c1-22-16-8-7-12(9-19-16)10-20-18(21)17-14(11-24-2)13-5-3-4-6-15(13)23-17/h3-9H,10-11H2,1-2H3,(H,20,21). The first-order chi connectivity index (χ1) is 11.7. The van der Waals surface area contributed by atoms with Crippen molar-refractivity contribution in [1.82, 2.24) is 10.3 Å². The summed E-state index contributed by atoms with van der Waals surface area (Å²) in [4.78, 5) is 16.7. The van der Waals surface area contributed by atoms with Gasteiger partial charge in [0.05, 0.1) is 7.11 Å². The number of fused-ring (bicyclic) bond motifs is 1. The van der Waals surface area contributed by atoms with E-state index in [4.69, 9.17) is 9.15 Å². The molecule has 1 aromatic carbocycles. The second-order valence-corrected chi connectivity index (χ2v) is 6.10. The number of aromatic nitrogens is 1. The van der Waals surface area contributed by atoms with Crippen LogP contribution in [0.2, 0.25) is 0 Å². The van der Waals surface area contributed by atoms with Crippen LogP contribution in [0.4, 0.5) is 0 Å². The molecule has 0 aliphatic heterocycles. The lowest BCUT2D eigenvalue weighted by Gasteiger charge is -2.05. The summed E-state index contributed by atoms with van der Waals surface area (Å²) in [5, 5.41) is 3.88. The normalized spacial score (nSPS) is 10.8. The fourth-order valence-corrected chi connectivity index (χ4v) is 3.04.